The third kappa shape index (κ3) is 6.89. The average Bonchev–Trinajstić information content (AvgIpc) is 2.44. The van der Waals surface area contributed by atoms with Crippen molar-refractivity contribution in [3.05, 3.63) is 17.7 Å². The molecule has 0 aliphatic rings. The largest absolute Gasteiger partial charge is 0.490 e. The van der Waals surface area contributed by atoms with Gasteiger partial charge in [-0.2, -0.15) is 0 Å². The first-order valence-electron chi connectivity index (χ1n) is 8.23. The van der Waals surface area contributed by atoms with Crippen molar-refractivity contribution in [2.75, 3.05) is 13.2 Å². The van der Waals surface area contributed by atoms with Crippen molar-refractivity contribution in [3.63, 3.8) is 0 Å². The topological polar surface area (TPSA) is 47.0 Å². The predicted molar refractivity (Wildman–Crippen MR) is 87.7 cm³/mol. The number of nitrogens with one attached hydrogen (secondary N) is 1. The maximum absolute atomic E-state index is 5.89. The molecule has 4 nitrogen and oxygen atoms in total. The van der Waals surface area contributed by atoms with Crippen molar-refractivity contribution >= 4 is 0 Å². The molecule has 0 unspecified atom stereocenters. The van der Waals surface area contributed by atoms with Crippen molar-refractivity contribution in [1.29, 1.82) is 0 Å². The first-order chi connectivity index (χ1) is 10.0. The van der Waals surface area contributed by atoms with Crippen molar-refractivity contribution in [2.24, 2.45) is 5.92 Å². The standard InChI is InChI=1S/C17H31N3O/c1-6-9-18-11-15-16(21-10-7-8-13(2)3)12-19-17(20-15)14(4)5/h12-14,18H,6-11H2,1-5H3. The summed E-state index contributed by atoms with van der Waals surface area (Å²) in [5, 5.41) is 3.40. The lowest BCUT2D eigenvalue weighted by Gasteiger charge is -2.14. The summed E-state index contributed by atoms with van der Waals surface area (Å²) in [6.07, 6.45) is 5.22. The molecule has 1 aromatic heterocycles. The maximum atomic E-state index is 5.89. The van der Waals surface area contributed by atoms with Crippen LogP contribution in [-0.2, 0) is 6.54 Å². The highest BCUT2D eigenvalue weighted by molar-refractivity contribution is 5.25. The first-order valence-corrected chi connectivity index (χ1v) is 8.23. The lowest BCUT2D eigenvalue weighted by molar-refractivity contribution is 0.291. The van der Waals surface area contributed by atoms with E-state index >= 15 is 0 Å². The summed E-state index contributed by atoms with van der Waals surface area (Å²) in [5.41, 5.74) is 0.978. The fourth-order valence-electron chi connectivity index (χ4n) is 2.00. The Morgan fingerprint density at radius 2 is 2.00 bits per heavy atom. The van der Waals surface area contributed by atoms with Crippen LogP contribution in [0.2, 0.25) is 0 Å². The van der Waals surface area contributed by atoms with Crippen LogP contribution in [0.3, 0.4) is 0 Å². The number of nitrogens with zero attached hydrogens (tertiary/aromatic N) is 2. The Balaban J connectivity index is 2.66. The first kappa shape index (κ1) is 17.9. The monoisotopic (exact) mass is 293 g/mol. The van der Waals surface area contributed by atoms with Crippen LogP contribution in [0.4, 0.5) is 0 Å². The Labute approximate surface area is 129 Å². The van der Waals surface area contributed by atoms with Crippen LogP contribution in [0.5, 0.6) is 5.75 Å². The zero-order valence-corrected chi connectivity index (χ0v) is 14.3. The van der Waals surface area contributed by atoms with E-state index in [0.717, 1.165) is 55.7 Å². The summed E-state index contributed by atoms with van der Waals surface area (Å²) >= 11 is 0. The zero-order chi connectivity index (χ0) is 15.7. The van der Waals surface area contributed by atoms with Gasteiger partial charge >= 0.3 is 0 Å². The summed E-state index contributed by atoms with van der Waals surface area (Å²) < 4.78 is 5.89. The van der Waals surface area contributed by atoms with Gasteiger partial charge in [-0.1, -0.05) is 34.6 Å². The van der Waals surface area contributed by atoms with Gasteiger partial charge in [-0.25, -0.2) is 9.97 Å². The fraction of sp³-hybridized carbons (Fsp3) is 0.765. The molecule has 0 aliphatic carbocycles. The van der Waals surface area contributed by atoms with Crippen LogP contribution in [0.15, 0.2) is 6.20 Å². The van der Waals surface area contributed by atoms with Gasteiger partial charge in [-0.3, -0.25) is 0 Å². The highest BCUT2D eigenvalue weighted by atomic mass is 16.5. The number of hydrogen-bond donors (Lipinski definition) is 1. The van der Waals surface area contributed by atoms with E-state index in [0.29, 0.717) is 5.92 Å². The Morgan fingerprint density at radius 3 is 2.62 bits per heavy atom. The SMILES string of the molecule is CCCNCc1nc(C(C)C)ncc1OCCCC(C)C. The van der Waals surface area contributed by atoms with E-state index < -0.39 is 0 Å². The molecular weight excluding hydrogens is 262 g/mol. The second-order valence-electron chi connectivity index (χ2n) is 6.26. The molecule has 0 aromatic carbocycles. The van der Waals surface area contributed by atoms with Crippen LogP contribution < -0.4 is 10.1 Å². The Bertz CT molecular complexity index is 405. The Morgan fingerprint density at radius 1 is 1.24 bits per heavy atom. The summed E-state index contributed by atoms with van der Waals surface area (Å²) in [5.74, 6) is 2.77. The molecule has 0 amide bonds. The van der Waals surface area contributed by atoms with Gasteiger partial charge in [-0.05, 0) is 31.7 Å². The summed E-state index contributed by atoms with van der Waals surface area (Å²) in [7, 11) is 0. The summed E-state index contributed by atoms with van der Waals surface area (Å²) in [4.78, 5) is 9.08. The van der Waals surface area contributed by atoms with Crippen molar-refractivity contribution in [2.45, 2.75) is 66.3 Å². The fourth-order valence-corrected chi connectivity index (χ4v) is 2.00. The Hall–Kier alpha value is -1.16. The van der Waals surface area contributed by atoms with E-state index in [4.69, 9.17) is 4.74 Å². The van der Waals surface area contributed by atoms with Crippen LogP contribution >= 0.6 is 0 Å². The molecule has 0 saturated heterocycles. The van der Waals surface area contributed by atoms with Gasteiger partial charge in [0, 0.05) is 12.5 Å². The van der Waals surface area contributed by atoms with Crippen LogP contribution in [0.1, 0.15) is 71.3 Å². The molecule has 1 rings (SSSR count). The molecule has 0 atom stereocenters. The van der Waals surface area contributed by atoms with E-state index in [1.807, 2.05) is 6.20 Å². The number of aromatic nitrogens is 2. The third-order valence-electron chi connectivity index (χ3n) is 3.27. The van der Waals surface area contributed by atoms with E-state index in [1.165, 1.54) is 6.42 Å². The lowest BCUT2D eigenvalue weighted by atomic mass is 10.1. The highest BCUT2D eigenvalue weighted by Crippen LogP contribution is 2.19. The molecule has 0 saturated carbocycles. The van der Waals surface area contributed by atoms with E-state index in [2.05, 4.69) is 49.9 Å². The van der Waals surface area contributed by atoms with Crippen molar-refractivity contribution in [1.82, 2.24) is 15.3 Å². The molecule has 1 N–H and O–H groups in total. The van der Waals surface area contributed by atoms with E-state index in [9.17, 15) is 0 Å². The predicted octanol–water partition coefficient (Wildman–Crippen LogP) is 3.91. The van der Waals surface area contributed by atoms with E-state index in [-0.39, 0.29) is 0 Å². The number of rotatable bonds is 10. The van der Waals surface area contributed by atoms with Crippen molar-refractivity contribution < 1.29 is 4.74 Å². The minimum absolute atomic E-state index is 0.338. The van der Waals surface area contributed by atoms with E-state index in [1.54, 1.807) is 0 Å². The van der Waals surface area contributed by atoms with Gasteiger partial charge < -0.3 is 10.1 Å². The van der Waals surface area contributed by atoms with Crippen molar-refractivity contribution in [3.8, 4) is 5.75 Å². The van der Waals surface area contributed by atoms with Gasteiger partial charge in [0.15, 0.2) is 5.75 Å². The quantitative estimate of drug-likeness (QED) is 0.664. The second kappa shape index (κ2) is 9.72. The molecule has 0 bridgehead atoms. The molecule has 4 heteroatoms. The average molecular weight is 293 g/mol. The van der Waals surface area contributed by atoms with Crippen LogP contribution in [0.25, 0.3) is 0 Å². The normalized spacial score (nSPS) is 11.4. The van der Waals surface area contributed by atoms with Crippen LogP contribution in [0, 0.1) is 5.92 Å². The highest BCUT2D eigenvalue weighted by Gasteiger charge is 2.10. The van der Waals surface area contributed by atoms with Gasteiger partial charge in [0.25, 0.3) is 0 Å². The van der Waals surface area contributed by atoms with Gasteiger partial charge in [0.1, 0.15) is 5.82 Å². The lowest BCUT2D eigenvalue weighted by Crippen LogP contribution is -2.17. The summed E-state index contributed by atoms with van der Waals surface area (Å²) in [6.45, 7) is 13.3. The second-order valence-corrected chi connectivity index (χ2v) is 6.26. The molecule has 21 heavy (non-hydrogen) atoms. The van der Waals surface area contributed by atoms with Gasteiger partial charge in [0.2, 0.25) is 0 Å². The molecule has 0 fully saturated rings. The molecule has 120 valence electrons. The smallest absolute Gasteiger partial charge is 0.160 e. The zero-order valence-electron chi connectivity index (χ0n) is 14.3. The molecular formula is C17H31N3O. The van der Waals surface area contributed by atoms with Gasteiger partial charge in [-0.15, -0.1) is 0 Å². The molecule has 0 aliphatic heterocycles. The molecule has 0 radical (unpaired) electrons. The van der Waals surface area contributed by atoms with Gasteiger partial charge in [0.05, 0.1) is 18.5 Å². The summed E-state index contributed by atoms with van der Waals surface area (Å²) in [6, 6.07) is 0. The maximum Gasteiger partial charge on any atom is 0.160 e. The molecule has 0 spiro atoms. The minimum Gasteiger partial charge on any atom is -0.490 e. The third-order valence-corrected chi connectivity index (χ3v) is 3.27. The molecule has 1 aromatic rings. The Kier molecular flexibility index (Phi) is 8.28. The number of ether oxygens (including phenoxy) is 1. The van der Waals surface area contributed by atoms with Crippen LogP contribution in [-0.4, -0.2) is 23.1 Å². The minimum atomic E-state index is 0.338. The number of hydrogen-bond acceptors (Lipinski definition) is 4. The molecule has 1 heterocycles.